The molecule has 0 aliphatic rings. The average Bonchev–Trinajstić information content (AvgIpc) is 1.79. The van der Waals surface area contributed by atoms with Gasteiger partial charge in [-0.15, -0.1) is 0 Å². The van der Waals surface area contributed by atoms with Gasteiger partial charge in [-0.1, -0.05) is 34.6 Å². The van der Waals surface area contributed by atoms with E-state index in [1.54, 1.807) is 0 Å². The second-order valence-electron chi connectivity index (χ2n) is 4.46. The van der Waals surface area contributed by atoms with Crippen LogP contribution in [0.3, 0.4) is 0 Å². The van der Waals surface area contributed by atoms with Gasteiger partial charge >= 0.3 is 5.97 Å². The summed E-state index contributed by atoms with van der Waals surface area (Å²) in [7, 11) is 0. The molecule has 12 heavy (non-hydrogen) atoms. The maximum Gasteiger partial charge on any atom is 0.321 e. The minimum Gasteiger partial charge on any atom is -0.480 e. The van der Waals surface area contributed by atoms with E-state index in [1.807, 2.05) is 34.6 Å². The van der Waals surface area contributed by atoms with Crippen molar-refractivity contribution in [2.24, 2.45) is 5.41 Å². The fraction of sp³-hybridized carbons (Fsp3) is 0.889. The Morgan fingerprint density at radius 2 is 1.75 bits per heavy atom. The van der Waals surface area contributed by atoms with Crippen LogP contribution in [0.15, 0.2) is 0 Å². The summed E-state index contributed by atoms with van der Waals surface area (Å²) in [4.78, 5) is 10.8. The molecule has 3 heteroatoms. The van der Waals surface area contributed by atoms with E-state index in [9.17, 15) is 4.79 Å². The summed E-state index contributed by atoms with van der Waals surface area (Å²) < 4.78 is 0. The van der Waals surface area contributed by atoms with Crippen LogP contribution in [0, 0.1) is 5.41 Å². The molecule has 0 amide bonds. The zero-order chi connectivity index (χ0) is 9.94. The summed E-state index contributed by atoms with van der Waals surface area (Å²) in [5.74, 6) is -0.781. The Morgan fingerprint density at radius 1 is 1.33 bits per heavy atom. The normalized spacial score (nSPS) is 14.8. The van der Waals surface area contributed by atoms with E-state index in [4.69, 9.17) is 5.11 Å². The van der Waals surface area contributed by atoms with Gasteiger partial charge < -0.3 is 10.4 Å². The molecule has 2 N–H and O–H groups in total. The molecule has 0 spiro atoms. The minimum atomic E-state index is -0.781. The van der Waals surface area contributed by atoms with Crippen LogP contribution in [0.1, 0.15) is 34.6 Å². The van der Waals surface area contributed by atoms with Crippen LogP contribution >= 0.6 is 0 Å². The van der Waals surface area contributed by atoms with Crippen molar-refractivity contribution in [2.75, 3.05) is 0 Å². The SMILES string of the molecule is CC(C)N[C@@H](C(=O)O)C(C)(C)C. The van der Waals surface area contributed by atoms with Gasteiger partial charge in [-0.2, -0.15) is 0 Å². The van der Waals surface area contributed by atoms with Gasteiger partial charge in [0.05, 0.1) is 0 Å². The third-order valence-corrected chi connectivity index (χ3v) is 1.61. The fourth-order valence-corrected chi connectivity index (χ4v) is 1.03. The summed E-state index contributed by atoms with van der Waals surface area (Å²) in [6.07, 6.45) is 0. The number of carboxylic acid groups (broad SMARTS) is 1. The Bertz CT molecular complexity index is 158. The van der Waals surface area contributed by atoms with E-state index in [-0.39, 0.29) is 11.5 Å². The molecule has 0 aromatic heterocycles. The zero-order valence-electron chi connectivity index (χ0n) is 8.51. The Labute approximate surface area is 74.2 Å². The van der Waals surface area contributed by atoms with Crippen LogP contribution in [0.2, 0.25) is 0 Å². The van der Waals surface area contributed by atoms with E-state index in [0.717, 1.165) is 0 Å². The molecule has 0 unspecified atom stereocenters. The van der Waals surface area contributed by atoms with E-state index in [0.29, 0.717) is 0 Å². The van der Waals surface area contributed by atoms with Gasteiger partial charge in [-0.25, -0.2) is 0 Å². The van der Waals surface area contributed by atoms with E-state index in [2.05, 4.69) is 5.32 Å². The Morgan fingerprint density at radius 3 is 1.83 bits per heavy atom. The number of hydrogen-bond acceptors (Lipinski definition) is 2. The number of carbonyl (C=O) groups is 1. The molecule has 0 aromatic rings. The molecule has 3 nitrogen and oxygen atoms in total. The molecule has 0 saturated heterocycles. The molecule has 0 aliphatic heterocycles. The van der Waals surface area contributed by atoms with Crippen LogP contribution in [-0.2, 0) is 4.79 Å². The van der Waals surface area contributed by atoms with E-state index < -0.39 is 12.0 Å². The molecule has 0 saturated carbocycles. The lowest BCUT2D eigenvalue weighted by atomic mass is 9.86. The summed E-state index contributed by atoms with van der Waals surface area (Å²) >= 11 is 0. The van der Waals surface area contributed by atoms with Crippen LogP contribution < -0.4 is 5.32 Å². The third kappa shape index (κ3) is 3.72. The highest BCUT2D eigenvalue weighted by molar-refractivity contribution is 5.74. The smallest absolute Gasteiger partial charge is 0.321 e. The monoisotopic (exact) mass is 173 g/mol. The van der Waals surface area contributed by atoms with Gasteiger partial charge in [0.1, 0.15) is 6.04 Å². The third-order valence-electron chi connectivity index (χ3n) is 1.61. The van der Waals surface area contributed by atoms with Gasteiger partial charge in [0.2, 0.25) is 0 Å². The molecule has 0 rings (SSSR count). The van der Waals surface area contributed by atoms with Crippen molar-refractivity contribution in [1.82, 2.24) is 5.32 Å². The van der Waals surface area contributed by atoms with Gasteiger partial charge in [-0.3, -0.25) is 4.79 Å². The van der Waals surface area contributed by atoms with E-state index in [1.165, 1.54) is 0 Å². The highest BCUT2D eigenvalue weighted by atomic mass is 16.4. The first kappa shape index (κ1) is 11.4. The van der Waals surface area contributed by atoms with Crippen molar-refractivity contribution in [3.05, 3.63) is 0 Å². The van der Waals surface area contributed by atoms with Gasteiger partial charge in [-0.05, 0) is 5.41 Å². The quantitative estimate of drug-likeness (QED) is 0.679. The molecule has 0 radical (unpaired) electrons. The number of aliphatic carboxylic acids is 1. The van der Waals surface area contributed by atoms with Crippen molar-refractivity contribution >= 4 is 5.97 Å². The highest BCUT2D eigenvalue weighted by Gasteiger charge is 2.31. The summed E-state index contributed by atoms with van der Waals surface area (Å²) in [6, 6.07) is -0.275. The number of nitrogens with one attached hydrogen (secondary N) is 1. The molecular formula is C9H19NO2. The molecular weight excluding hydrogens is 154 g/mol. The predicted octanol–water partition coefficient (Wildman–Crippen LogP) is 1.48. The summed E-state index contributed by atoms with van der Waals surface area (Å²) in [5.41, 5.74) is -0.240. The maximum absolute atomic E-state index is 10.8. The second kappa shape index (κ2) is 3.90. The van der Waals surface area contributed by atoms with Crippen LogP contribution in [-0.4, -0.2) is 23.2 Å². The standard InChI is InChI=1S/C9H19NO2/c1-6(2)10-7(8(11)12)9(3,4)5/h6-7,10H,1-5H3,(H,11,12)/t7-/m0/s1. The Kier molecular flexibility index (Phi) is 3.71. The summed E-state index contributed by atoms with van der Waals surface area (Å²) in [6.45, 7) is 9.65. The van der Waals surface area contributed by atoms with Crippen LogP contribution in [0.25, 0.3) is 0 Å². The first-order chi connectivity index (χ1) is 5.25. The van der Waals surface area contributed by atoms with Gasteiger partial charge in [0, 0.05) is 6.04 Å². The van der Waals surface area contributed by atoms with Crippen molar-refractivity contribution < 1.29 is 9.90 Å². The molecule has 0 heterocycles. The topological polar surface area (TPSA) is 49.3 Å². The number of hydrogen-bond donors (Lipinski definition) is 2. The first-order valence-electron chi connectivity index (χ1n) is 4.24. The molecule has 0 fully saturated rings. The Hall–Kier alpha value is -0.570. The molecule has 1 atom stereocenters. The minimum absolute atomic E-state index is 0.199. The molecule has 0 aliphatic carbocycles. The van der Waals surface area contributed by atoms with Crippen molar-refractivity contribution in [2.45, 2.75) is 46.7 Å². The Balaban J connectivity index is 4.35. The lowest BCUT2D eigenvalue weighted by Crippen LogP contribution is -2.49. The lowest BCUT2D eigenvalue weighted by Gasteiger charge is -2.29. The molecule has 0 aromatic carbocycles. The van der Waals surface area contributed by atoms with Crippen molar-refractivity contribution in [3.63, 3.8) is 0 Å². The molecule has 72 valence electrons. The molecule has 0 bridgehead atoms. The first-order valence-corrected chi connectivity index (χ1v) is 4.24. The van der Waals surface area contributed by atoms with Crippen molar-refractivity contribution in [1.29, 1.82) is 0 Å². The van der Waals surface area contributed by atoms with Crippen LogP contribution in [0.5, 0.6) is 0 Å². The lowest BCUT2D eigenvalue weighted by molar-refractivity contribution is -0.142. The average molecular weight is 173 g/mol. The predicted molar refractivity (Wildman–Crippen MR) is 49.2 cm³/mol. The summed E-state index contributed by atoms with van der Waals surface area (Å²) in [5, 5.41) is 11.9. The van der Waals surface area contributed by atoms with Gasteiger partial charge in [0.15, 0.2) is 0 Å². The zero-order valence-corrected chi connectivity index (χ0v) is 8.51. The highest BCUT2D eigenvalue weighted by Crippen LogP contribution is 2.19. The van der Waals surface area contributed by atoms with Crippen molar-refractivity contribution in [3.8, 4) is 0 Å². The van der Waals surface area contributed by atoms with E-state index >= 15 is 0 Å². The maximum atomic E-state index is 10.8. The fourth-order valence-electron chi connectivity index (χ4n) is 1.03. The second-order valence-corrected chi connectivity index (χ2v) is 4.46. The largest absolute Gasteiger partial charge is 0.480 e. The number of carboxylic acids is 1. The number of rotatable bonds is 3. The van der Waals surface area contributed by atoms with Crippen LogP contribution in [0.4, 0.5) is 0 Å². The van der Waals surface area contributed by atoms with Gasteiger partial charge in [0.25, 0.3) is 0 Å².